The van der Waals surface area contributed by atoms with Crippen LogP contribution in [-0.2, 0) is 0 Å². The molecule has 0 amide bonds. The van der Waals surface area contributed by atoms with Crippen LogP contribution in [0.25, 0.3) is 0 Å². The Hall–Kier alpha value is -1.02. The minimum atomic E-state index is 0.685. The zero-order valence-corrected chi connectivity index (χ0v) is 13.9. The average molecular weight is 289 g/mol. The lowest BCUT2D eigenvalue weighted by Gasteiger charge is -2.37. The van der Waals surface area contributed by atoms with Crippen molar-refractivity contribution in [1.82, 2.24) is 5.32 Å². The van der Waals surface area contributed by atoms with Crippen LogP contribution in [0.5, 0.6) is 5.75 Å². The van der Waals surface area contributed by atoms with E-state index in [9.17, 15) is 0 Å². The van der Waals surface area contributed by atoms with Crippen molar-refractivity contribution in [3.63, 3.8) is 0 Å². The largest absolute Gasteiger partial charge is 0.497 e. The number of methoxy groups -OCH3 is 1. The first-order valence-corrected chi connectivity index (χ1v) is 8.63. The Bertz CT molecular complexity index is 418. The number of benzene rings is 1. The lowest BCUT2D eigenvalue weighted by Crippen LogP contribution is -2.32. The second kappa shape index (κ2) is 8.43. The third-order valence-corrected chi connectivity index (χ3v) is 4.98. The summed E-state index contributed by atoms with van der Waals surface area (Å²) >= 11 is 0. The molecule has 2 nitrogen and oxygen atoms in total. The summed E-state index contributed by atoms with van der Waals surface area (Å²) in [6, 6.07) is 8.73. The van der Waals surface area contributed by atoms with E-state index in [0.717, 1.165) is 30.7 Å². The predicted molar refractivity (Wildman–Crippen MR) is 90.0 cm³/mol. The van der Waals surface area contributed by atoms with Gasteiger partial charge in [-0.25, -0.2) is 0 Å². The zero-order chi connectivity index (χ0) is 15.1. The van der Waals surface area contributed by atoms with E-state index < -0.39 is 0 Å². The molecule has 1 N–H and O–H groups in total. The molecular formula is C19H31NO. The van der Waals surface area contributed by atoms with E-state index in [1.807, 2.05) is 0 Å². The molecule has 3 atom stereocenters. The maximum absolute atomic E-state index is 5.42. The summed E-state index contributed by atoms with van der Waals surface area (Å²) in [5.41, 5.74) is 1.47. The van der Waals surface area contributed by atoms with Gasteiger partial charge >= 0.3 is 0 Å². The third-order valence-electron chi connectivity index (χ3n) is 4.98. The molecule has 3 unspecified atom stereocenters. The molecule has 1 fully saturated rings. The third kappa shape index (κ3) is 4.47. The van der Waals surface area contributed by atoms with Crippen molar-refractivity contribution >= 4 is 0 Å². The quantitative estimate of drug-likeness (QED) is 0.791. The van der Waals surface area contributed by atoms with E-state index in [1.165, 1.54) is 37.7 Å². The fraction of sp³-hybridized carbons (Fsp3) is 0.684. The van der Waals surface area contributed by atoms with E-state index in [0.29, 0.717) is 5.92 Å². The normalized spacial score (nSPS) is 25.8. The molecule has 1 saturated carbocycles. The van der Waals surface area contributed by atoms with Gasteiger partial charge < -0.3 is 10.1 Å². The Morgan fingerprint density at radius 2 is 2.10 bits per heavy atom. The van der Waals surface area contributed by atoms with Gasteiger partial charge in [0.2, 0.25) is 0 Å². The summed E-state index contributed by atoms with van der Waals surface area (Å²) in [6.45, 7) is 6.73. The molecular weight excluding hydrogens is 258 g/mol. The van der Waals surface area contributed by atoms with E-state index in [1.54, 1.807) is 7.11 Å². The van der Waals surface area contributed by atoms with Crippen LogP contribution in [0.2, 0.25) is 0 Å². The van der Waals surface area contributed by atoms with Crippen molar-refractivity contribution in [2.24, 2.45) is 11.8 Å². The topological polar surface area (TPSA) is 21.3 Å². The van der Waals surface area contributed by atoms with Gasteiger partial charge in [0.05, 0.1) is 7.11 Å². The summed E-state index contributed by atoms with van der Waals surface area (Å²) in [6.07, 6.45) is 6.81. The summed E-state index contributed by atoms with van der Waals surface area (Å²) in [4.78, 5) is 0. The van der Waals surface area contributed by atoms with Gasteiger partial charge in [0.1, 0.15) is 5.75 Å². The lowest BCUT2D eigenvalue weighted by atomic mass is 9.70. The van der Waals surface area contributed by atoms with Crippen molar-refractivity contribution in [2.45, 2.75) is 51.9 Å². The van der Waals surface area contributed by atoms with Crippen LogP contribution in [0.3, 0.4) is 0 Å². The molecule has 21 heavy (non-hydrogen) atoms. The van der Waals surface area contributed by atoms with E-state index in [4.69, 9.17) is 4.74 Å². The van der Waals surface area contributed by atoms with Crippen molar-refractivity contribution in [3.8, 4) is 5.75 Å². The maximum Gasteiger partial charge on any atom is 0.119 e. The van der Waals surface area contributed by atoms with Gasteiger partial charge in [0.15, 0.2) is 0 Å². The Morgan fingerprint density at radius 3 is 2.81 bits per heavy atom. The van der Waals surface area contributed by atoms with Gasteiger partial charge in [-0.15, -0.1) is 0 Å². The average Bonchev–Trinajstić information content (AvgIpc) is 2.54. The van der Waals surface area contributed by atoms with Crippen LogP contribution < -0.4 is 10.1 Å². The molecule has 0 heterocycles. The predicted octanol–water partition coefficient (Wildman–Crippen LogP) is 4.60. The van der Waals surface area contributed by atoms with Crippen LogP contribution in [0.1, 0.15) is 57.4 Å². The first-order valence-electron chi connectivity index (χ1n) is 8.63. The van der Waals surface area contributed by atoms with Gasteiger partial charge in [-0.1, -0.05) is 45.2 Å². The molecule has 1 aromatic carbocycles. The molecule has 1 aromatic rings. The maximum atomic E-state index is 5.42. The van der Waals surface area contributed by atoms with Crippen LogP contribution in [0, 0.1) is 11.8 Å². The molecule has 0 aromatic heterocycles. The molecule has 118 valence electrons. The van der Waals surface area contributed by atoms with E-state index in [-0.39, 0.29) is 0 Å². The summed E-state index contributed by atoms with van der Waals surface area (Å²) in [5.74, 6) is 3.35. The monoisotopic (exact) mass is 289 g/mol. The van der Waals surface area contributed by atoms with Crippen molar-refractivity contribution in [3.05, 3.63) is 29.8 Å². The highest BCUT2D eigenvalue weighted by Crippen LogP contribution is 2.42. The fourth-order valence-electron chi connectivity index (χ4n) is 3.85. The van der Waals surface area contributed by atoms with E-state index in [2.05, 4.69) is 43.4 Å². The van der Waals surface area contributed by atoms with Crippen LogP contribution in [0.4, 0.5) is 0 Å². The van der Waals surface area contributed by atoms with Gasteiger partial charge in [-0.05, 0) is 61.4 Å². The van der Waals surface area contributed by atoms with Gasteiger partial charge in [0, 0.05) is 0 Å². The molecule has 0 aliphatic heterocycles. The highest BCUT2D eigenvalue weighted by Gasteiger charge is 2.31. The summed E-state index contributed by atoms with van der Waals surface area (Å²) < 4.78 is 5.42. The van der Waals surface area contributed by atoms with Crippen LogP contribution in [-0.4, -0.2) is 20.2 Å². The van der Waals surface area contributed by atoms with Gasteiger partial charge in [0.25, 0.3) is 0 Å². The molecule has 0 spiro atoms. The molecule has 0 bridgehead atoms. The molecule has 0 saturated heterocycles. The molecule has 1 aliphatic rings. The van der Waals surface area contributed by atoms with Crippen LogP contribution >= 0.6 is 0 Å². The Labute approximate surface area is 130 Å². The Balaban J connectivity index is 2.14. The van der Waals surface area contributed by atoms with Gasteiger partial charge in [-0.3, -0.25) is 0 Å². The SMILES string of the molecule is CCCC1CCC(CNCC)C(c2cccc(OC)c2)C1. The zero-order valence-electron chi connectivity index (χ0n) is 13.9. The first kappa shape index (κ1) is 16.4. The van der Waals surface area contributed by atoms with Gasteiger partial charge in [-0.2, -0.15) is 0 Å². The van der Waals surface area contributed by atoms with E-state index >= 15 is 0 Å². The molecule has 0 radical (unpaired) electrons. The summed E-state index contributed by atoms with van der Waals surface area (Å²) in [5, 5.41) is 3.56. The second-order valence-corrected chi connectivity index (χ2v) is 6.42. The molecule has 2 rings (SSSR count). The van der Waals surface area contributed by atoms with Crippen molar-refractivity contribution in [2.75, 3.05) is 20.2 Å². The Kier molecular flexibility index (Phi) is 6.56. The standard InChI is InChI=1S/C19H31NO/c1-4-7-15-10-11-17(14-20-5-2)19(12-15)16-8-6-9-18(13-16)21-3/h6,8-9,13,15,17,19-20H,4-5,7,10-12,14H2,1-3H3. The van der Waals surface area contributed by atoms with Crippen molar-refractivity contribution in [1.29, 1.82) is 0 Å². The summed E-state index contributed by atoms with van der Waals surface area (Å²) in [7, 11) is 1.76. The Morgan fingerprint density at radius 1 is 1.24 bits per heavy atom. The minimum absolute atomic E-state index is 0.685. The molecule has 1 aliphatic carbocycles. The number of rotatable bonds is 7. The second-order valence-electron chi connectivity index (χ2n) is 6.42. The lowest BCUT2D eigenvalue weighted by molar-refractivity contribution is 0.221. The fourth-order valence-corrected chi connectivity index (χ4v) is 3.85. The highest BCUT2D eigenvalue weighted by molar-refractivity contribution is 5.31. The number of hydrogen-bond donors (Lipinski definition) is 1. The number of ether oxygens (including phenoxy) is 1. The van der Waals surface area contributed by atoms with Crippen LogP contribution in [0.15, 0.2) is 24.3 Å². The number of hydrogen-bond acceptors (Lipinski definition) is 2. The first-order chi connectivity index (χ1) is 10.3. The highest BCUT2D eigenvalue weighted by atomic mass is 16.5. The smallest absolute Gasteiger partial charge is 0.119 e. The number of nitrogens with one attached hydrogen (secondary N) is 1. The minimum Gasteiger partial charge on any atom is -0.497 e. The van der Waals surface area contributed by atoms with Crippen molar-refractivity contribution < 1.29 is 4.74 Å². The molecule has 2 heteroatoms.